The van der Waals surface area contributed by atoms with E-state index in [4.69, 9.17) is 0 Å². The quantitative estimate of drug-likeness (QED) is 0.711. The van der Waals surface area contributed by atoms with Gasteiger partial charge in [-0.05, 0) is 50.4 Å². The standard InChI is InChI=1S/C15H25N/c1-3-6-12-8-5-9-15-14(12)11-10-13(16-15)7-4-2/h3-4,12-16H,1-2,5-11H2. The first kappa shape index (κ1) is 11.9. The third kappa shape index (κ3) is 2.57. The third-order valence-electron chi connectivity index (χ3n) is 4.43. The molecule has 1 saturated heterocycles. The smallest absolute Gasteiger partial charge is 0.0104 e. The van der Waals surface area contributed by atoms with Crippen LogP contribution < -0.4 is 5.32 Å². The van der Waals surface area contributed by atoms with Gasteiger partial charge in [-0.3, -0.25) is 0 Å². The van der Waals surface area contributed by atoms with Crippen LogP contribution in [0.3, 0.4) is 0 Å². The molecule has 0 aromatic rings. The summed E-state index contributed by atoms with van der Waals surface area (Å²) >= 11 is 0. The highest BCUT2D eigenvalue weighted by molar-refractivity contribution is 4.96. The molecule has 1 saturated carbocycles. The van der Waals surface area contributed by atoms with Crippen molar-refractivity contribution in [2.24, 2.45) is 11.8 Å². The van der Waals surface area contributed by atoms with Crippen molar-refractivity contribution in [3.8, 4) is 0 Å². The molecule has 1 N–H and O–H groups in total. The van der Waals surface area contributed by atoms with Crippen molar-refractivity contribution in [1.29, 1.82) is 0 Å². The molecule has 4 unspecified atom stereocenters. The van der Waals surface area contributed by atoms with Crippen LogP contribution >= 0.6 is 0 Å². The summed E-state index contributed by atoms with van der Waals surface area (Å²) in [6.45, 7) is 7.75. The molecule has 1 aliphatic carbocycles. The Morgan fingerprint density at radius 1 is 1.00 bits per heavy atom. The average Bonchev–Trinajstić information content (AvgIpc) is 2.30. The largest absolute Gasteiger partial charge is 0.311 e. The normalized spacial score (nSPS) is 38.8. The van der Waals surface area contributed by atoms with Gasteiger partial charge in [0, 0.05) is 12.1 Å². The van der Waals surface area contributed by atoms with Gasteiger partial charge >= 0.3 is 0 Å². The molecule has 1 nitrogen and oxygen atoms in total. The highest BCUT2D eigenvalue weighted by Gasteiger charge is 2.36. The minimum Gasteiger partial charge on any atom is -0.311 e. The van der Waals surface area contributed by atoms with E-state index < -0.39 is 0 Å². The zero-order chi connectivity index (χ0) is 11.4. The number of piperidine rings is 1. The Bertz CT molecular complexity index is 246. The van der Waals surface area contributed by atoms with E-state index in [2.05, 4.69) is 30.6 Å². The number of allylic oxidation sites excluding steroid dienone is 1. The lowest BCUT2D eigenvalue weighted by molar-refractivity contribution is 0.117. The first-order valence-electron chi connectivity index (χ1n) is 6.83. The fourth-order valence-corrected chi connectivity index (χ4v) is 3.67. The van der Waals surface area contributed by atoms with E-state index in [1.165, 1.54) is 38.5 Å². The maximum absolute atomic E-state index is 3.90. The van der Waals surface area contributed by atoms with Gasteiger partial charge in [0.25, 0.3) is 0 Å². The van der Waals surface area contributed by atoms with Gasteiger partial charge < -0.3 is 5.32 Å². The van der Waals surface area contributed by atoms with Crippen LogP contribution in [-0.2, 0) is 0 Å². The number of hydrogen-bond donors (Lipinski definition) is 1. The Hall–Kier alpha value is -0.560. The minimum absolute atomic E-state index is 0.696. The average molecular weight is 219 g/mol. The Morgan fingerprint density at radius 2 is 1.81 bits per heavy atom. The topological polar surface area (TPSA) is 12.0 Å². The molecule has 16 heavy (non-hydrogen) atoms. The zero-order valence-electron chi connectivity index (χ0n) is 10.3. The molecule has 2 fully saturated rings. The second kappa shape index (κ2) is 5.67. The summed E-state index contributed by atoms with van der Waals surface area (Å²) in [4.78, 5) is 0. The summed E-state index contributed by atoms with van der Waals surface area (Å²) in [5, 5.41) is 3.84. The highest BCUT2D eigenvalue weighted by atomic mass is 15.0. The van der Waals surface area contributed by atoms with Crippen molar-refractivity contribution in [3.63, 3.8) is 0 Å². The molecule has 2 rings (SSSR count). The molecule has 0 radical (unpaired) electrons. The lowest BCUT2D eigenvalue weighted by Crippen LogP contribution is -2.51. The molecule has 0 bridgehead atoms. The van der Waals surface area contributed by atoms with Crippen molar-refractivity contribution in [2.75, 3.05) is 0 Å². The third-order valence-corrected chi connectivity index (χ3v) is 4.43. The van der Waals surface area contributed by atoms with Crippen LogP contribution in [0.4, 0.5) is 0 Å². The van der Waals surface area contributed by atoms with Crippen LogP contribution in [0, 0.1) is 11.8 Å². The van der Waals surface area contributed by atoms with Crippen molar-refractivity contribution in [1.82, 2.24) is 5.32 Å². The molecular weight excluding hydrogens is 194 g/mol. The van der Waals surface area contributed by atoms with E-state index in [0.717, 1.165) is 24.3 Å². The van der Waals surface area contributed by atoms with E-state index in [1.807, 2.05) is 0 Å². The van der Waals surface area contributed by atoms with Crippen LogP contribution in [0.2, 0.25) is 0 Å². The lowest BCUT2D eigenvalue weighted by atomic mass is 9.69. The summed E-state index contributed by atoms with van der Waals surface area (Å²) < 4.78 is 0. The molecule has 1 heterocycles. The van der Waals surface area contributed by atoms with E-state index in [9.17, 15) is 0 Å². The maximum atomic E-state index is 3.90. The maximum Gasteiger partial charge on any atom is 0.0104 e. The van der Waals surface area contributed by atoms with Gasteiger partial charge in [0.1, 0.15) is 0 Å². The second-order valence-electron chi connectivity index (χ2n) is 5.45. The molecule has 4 atom stereocenters. The van der Waals surface area contributed by atoms with E-state index in [0.29, 0.717) is 6.04 Å². The van der Waals surface area contributed by atoms with Crippen LogP contribution in [0.5, 0.6) is 0 Å². The molecular formula is C15H25N. The monoisotopic (exact) mass is 219 g/mol. The minimum atomic E-state index is 0.696. The summed E-state index contributed by atoms with van der Waals surface area (Å²) in [5.74, 6) is 1.81. The Kier molecular flexibility index (Phi) is 4.22. The Balaban J connectivity index is 1.93. The Labute approximate surface area is 100 Å². The SMILES string of the molecule is C=CCC1CCC2C(CC=C)CCCC2N1. The lowest BCUT2D eigenvalue weighted by Gasteiger charge is -2.44. The van der Waals surface area contributed by atoms with E-state index in [1.54, 1.807) is 0 Å². The van der Waals surface area contributed by atoms with Gasteiger partial charge in [-0.1, -0.05) is 18.6 Å². The molecule has 90 valence electrons. The van der Waals surface area contributed by atoms with Crippen molar-refractivity contribution < 1.29 is 0 Å². The van der Waals surface area contributed by atoms with Crippen LogP contribution in [0.15, 0.2) is 25.3 Å². The summed E-state index contributed by atoms with van der Waals surface area (Å²) in [6.07, 6.45) is 13.5. The van der Waals surface area contributed by atoms with Crippen molar-refractivity contribution in [3.05, 3.63) is 25.3 Å². The van der Waals surface area contributed by atoms with Gasteiger partial charge in [-0.2, -0.15) is 0 Å². The number of fused-ring (bicyclic) bond motifs is 1. The first-order valence-corrected chi connectivity index (χ1v) is 6.83. The predicted molar refractivity (Wildman–Crippen MR) is 70.4 cm³/mol. The molecule has 1 aliphatic heterocycles. The van der Waals surface area contributed by atoms with Gasteiger partial charge in [-0.15, -0.1) is 13.2 Å². The summed E-state index contributed by atoms with van der Waals surface area (Å²) in [7, 11) is 0. The molecule has 0 aromatic carbocycles. The number of hydrogen-bond acceptors (Lipinski definition) is 1. The fraction of sp³-hybridized carbons (Fsp3) is 0.733. The fourth-order valence-electron chi connectivity index (χ4n) is 3.67. The highest BCUT2D eigenvalue weighted by Crippen LogP contribution is 2.39. The van der Waals surface area contributed by atoms with Crippen molar-refractivity contribution in [2.45, 2.75) is 57.0 Å². The summed E-state index contributed by atoms with van der Waals surface area (Å²) in [5.41, 5.74) is 0. The summed E-state index contributed by atoms with van der Waals surface area (Å²) in [6, 6.07) is 1.47. The van der Waals surface area contributed by atoms with Crippen molar-refractivity contribution >= 4 is 0 Å². The van der Waals surface area contributed by atoms with Gasteiger partial charge in [0.15, 0.2) is 0 Å². The van der Waals surface area contributed by atoms with Crippen LogP contribution in [-0.4, -0.2) is 12.1 Å². The molecule has 0 spiro atoms. The number of nitrogens with one attached hydrogen (secondary N) is 1. The second-order valence-corrected chi connectivity index (χ2v) is 5.45. The van der Waals surface area contributed by atoms with E-state index in [-0.39, 0.29) is 0 Å². The van der Waals surface area contributed by atoms with Crippen LogP contribution in [0.25, 0.3) is 0 Å². The molecule has 2 aliphatic rings. The van der Waals surface area contributed by atoms with Crippen LogP contribution in [0.1, 0.15) is 44.9 Å². The molecule has 0 amide bonds. The van der Waals surface area contributed by atoms with Gasteiger partial charge in [0.05, 0.1) is 0 Å². The van der Waals surface area contributed by atoms with Gasteiger partial charge in [0.2, 0.25) is 0 Å². The Morgan fingerprint density at radius 3 is 2.56 bits per heavy atom. The van der Waals surface area contributed by atoms with E-state index >= 15 is 0 Å². The molecule has 1 heteroatoms. The first-order chi connectivity index (χ1) is 7.85. The number of rotatable bonds is 4. The predicted octanol–water partition coefficient (Wildman–Crippen LogP) is 3.68. The van der Waals surface area contributed by atoms with Gasteiger partial charge in [-0.25, -0.2) is 0 Å². The zero-order valence-corrected chi connectivity index (χ0v) is 10.3. The molecule has 0 aromatic heterocycles.